The van der Waals surface area contributed by atoms with Crippen LogP contribution in [0.2, 0.25) is 0 Å². The number of rotatable bonds is 4. The third kappa shape index (κ3) is 2.79. The van der Waals surface area contributed by atoms with E-state index in [1.807, 2.05) is 0 Å². The maximum atomic E-state index is 12.3. The van der Waals surface area contributed by atoms with Gasteiger partial charge >= 0.3 is 0 Å². The van der Waals surface area contributed by atoms with Gasteiger partial charge in [0.1, 0.15) is 6.04 Å². The van der Waals surface area contributed by atoms with Crippen molar-refractivity contribution in [3.05, 3.63) is 0 Å². The monoisotopic (exact) mass is 238 g/mol. The van der Waals surface area contributed by atoms with Gasteiger partial charge in [0.05, 0.1) is 6.54 Å². The van der Waals surface area contributed by atoms with E-state index in [1.54, 1.807) is 4.90 Å². The number of carbonyl (C=O) groups excluding carboxylic acids is 2. The summed E-state index contributed by atoms with van der Waals surface area (Å²) in [5.41, 5.74) is 0.0847. The van der Waals surface area contributed by atoms with Gasteiger partial charge in [-0.05, 0) is 30.6 Å². The Hall–Kier alpha value is -1.06. The van der Waals surface area contributed by atoms with Crippen molar-refractivity contribution >= 4 is 11.8 Å². The molecule has 1 aliphatic carbocycles. The van der Waals surface area contributed by atoms with E-state index in [1.165, 1.54) is 0 Å². The number of hydrogen-bond acceptors (Lipinski definition) is 2. The summed E-state index contributed by atoms with van der Waals surface area (Å²) in [7, 11) is 0. The minimum Gasteiger partial charge on any atom is -0.342 e. The van der Waals surface area contributed by atoms with Gasteiger partial charge in [0.2, 0.25) is 11.8 Å². The Kier molecular flexibility index (Phi) is 3.15. The normalized spacial score (nSPS) is 26.1. The van der Waals surface area contributed by atoms with Crippen molar-refractivity contribution in [3.63, 3.8) is 0 Å². The van der Waals surface area contributed by atoms with E-state index in [2.05, 4.69) is 26.1 Å². The highest BCUT2D eigenvalue weighted by Gasteiger charge is 2.43. The Morgan fingerprint density at radius 1 is 1.35 bits per heavy atom. The average molecular weight is 238 g/mol. The predicted octanol–water partition coefficient (Wildman–Crippen LogP) is 1.16. The van der Waals surface area contributed by atoms with E-state index < -0.39 is 0 Å². The lowest BCUT2D eigenvalue weighted by Crippen LogP contribution is -2.60. The molecule has 1 unspecified atom stereocenters. The molecule has 1 aliphatic heterocycles. The second-order valence-electron chi connectivity index (χ2n) is 6.09. The fourth-order valence-electron chi connectivity index (χ4n) is 2.24. The molecule has 96 valence electrons. The highest BCUT2D eigenvalue weighted by atomic mass is 16.2. The molecule has 1 N–H and O–H groups in total. The molecule has 1 saturated heterocycles. The van der Waals surface area contributed by atoms with Gasteiger partial charge < -0.3 is 10.2 Å². The van der Waals surface area contributed by atoms with Gasteiger partial charge in [-0.1, -0.05) is 20.8 Å². The third-order valence-electron chi connectivity index (χ3n) is 3.90. The molecule has 2 rings (SSSR count). The van der Waals surface area contributed by atoms with E-state index in [-0.39, 0.29) is 29.8 Å². The average Bonchev–Trinajstić information content (AvgIpc) is 3.06. The molecule has 2 aliphatic rings. The summed E-state index contributed by atoms with van der Waals surface area (Å²) in [4.78, 5) is 25.6. The molecule has 2 fully saturated rings. The smallest absolute Gasteiger partial charge is 0.245 e. The number of nitrogens with zero attached hydrogens (tertiary/aromatic N) is 1. The van der Waals surface area contributed by atoms with Gasteiger partial charge in [-0.15, -0.1) is 0 Å². The molecular formula is C13H22N2O2. The SMILES string of the molecule is CCC(C)(C)CN1CC(=O)NC(C2CC2)C1=O. The maximum absolute atomic E-state index is 12.3. The summed E-state index contributed by atoms with van der Waals surface area (Å²) >= 11 is 0. The molecule has 17 heavy (non-hydrogen) atoms. The lowest BCUT2D eigenvalue weighted by Gasteiger charge is -2.37. The zero-order chi connectivity index (χ0) is 12.6. The van der Waals surface area contributed by atoms with Gasteiger partial charge in [0.15, 0.2) is 0 Å². The molecule has 0 aromatic heterocycles. The van der Waals surface area contributed by atoms with Crippen molar-refractivity contribution in [2.45, 2.75) is 46.1 Å². The topological polar surface area (TPSA) is 49.4 Å². The lowest BCUT2D eigenvalue weighted by atomic mass is 9.89. The second kappa shape index (κ2) is 4.31. The molecule has 1 heterocycles. The number of hydrogen-bond donors (Lipinski definition) is 1. The predicted molar refractivity (Wildman–Crippen MR) is 65.3 cm³/mol. The summed E-state index contributed by atoms with van der Waals surface area (Å²) < 4.78 is 0. The Bertz CT molecular complexity index is 334. The van der Waals surface area contributed by atoms with Crippen LogP contribution in [0.5, 0.6) is 0 Å². The minimum atomic E-state index is -0.246. The Balaban J connectivity index is 2.05. The van der Waals surface area contributed by atoms with E-state index in [9.17, 15) is 9.59 Å². The molecule has 1 atom stereocenters. The van der Waals surface area contributed by atoms with E-state index in [0.29, 0.717) is 12.5 Å². The van der Waals surface area contributed by atoms with Gasteiger partial charge in [-0.25, -0.2) is 0 Å². The van der Waals surface area contributed by atoms with Crippen LogP contribution in [0.25, 0.3) is 0 Å². The van der Waals surface area contributed by atoms with Crippen molar-refractivity contribution in [1.29, 1.82) is 0 Å². The number of nitrogens with one attached hydrogen (secondary N) is 1. The van der Waals surface area contributed by atoms with Crippen LogP contribution in [0.1, 0.15) is 40.0 Å². The molecule has 0 spiro atoms. The Morgan fingerprint density at radius 2 is 2.00 bits per heavy atom. The summed E-state index contributed by atoms with van der Waals surface area (Å²) in [6.45, 7) is 7.30. The zero-order valence-electron chi connectivity index (χ0n) is 11.0. The number of piperazine rings is 1. The first-order valence-electron chi connectivity index (χ1n) is 6.51. The van der Waals surface area contributed by atoms with Crippen LogP contribution in [0.15, 0.2) is 0 Å². The second-order valence-corrected chi connectivity index (χ2v) is 6.09. The van der Waals surface area contributed by atoms with Crippen LogP contribution in [0, 0.1) is 11.3 Å². The number of carbonyl (C=O) groups is 2. The molecule has 4 heteroatoms. The molecule has 1 saturated carbocycles. The van der Waals surface area contributed by atoms with Gasteiger partial charge in [0.25, 0.3) is 0 Å². The highest BCUT2D eigenvalue weighted by Crippen LogP contribution is 2.35. The van der Waals surface area contributed by atoms with Crippen molar-refractivity contribution in [1.82, 2.24) is 10.2 Å². The van der Waals surface area contributed by atoms with Crippen LogP contribution >= 0.6 is 0 Å². The first kappa shape index (κ1) is 12.4. The Labute approximate surface area is 103 Å². The zero-order valence-corrected chi connectivity index (χ0v) is 11.0. The summed E-state index contributed by atoms with van der Waals surface area (Å²) in [5.74, 6) is 0.501. The first-order valence-corrected chi connectivity index (χ1v) is 6.51. The summed E-state index contributed by atoms with van der Waals surface area (Å²) in [5, 5.41) is 2.83. The van der Waals surface area contributed by atoms with Crippen LogP contribution in [-0.4, -0.2) is 35.8 Å². The quantitative estimate of drug-likeness (QED) is 0.799. The van der Waals surface area contributed by atoms with Crippen LogP contribution in [0.4, 0.5) is 0 Å². The third-order valence-corrected chi connectivity index (χ3v) is 3.90. The Morgan fingerprint density at radius 3 is 2.53 bits per heavy atom. The maximum Gasteiger partial charge on any atom is 0.245 e. The molecule has 0 aromatic rings. The fourth-order valence-corrected chi connectivity index (χ4v) is 2.24. The molecular weight excluding hydrogens is 216 g/mol. The largest absolute Gasteiger partial charge is 0.342 e. The van der Waals surface area contributed by atoms with Crippen LogP contribution < -0.4 is 5.32 Å². The van der Waals surface area contributed by atoms with Crippen LogP contribution in [0.3, 0.4) is 0 Å². The van der Waals surface area contributed by atoms with E-state index in [4.69, 9.17) is 0 Å². The molecule has 0 bridgehead atoms. The first-order chi connectivity index (χ1) is 7.93. The minimum absolute atomic E-state index is 0.00611. The van der Waals surface area contributed by atoms with Gasteiger partial charge in [-0.3, -0.25) is 9.59 Å². The van der Waals surface area contributed by atoms with Crippen molar-refractivity contribution < 1.29 is 9.59 Å². The highest BCUT2D eigenvalue weighted by molar-refractivity contribution is 5.95. The van der Waals surface area contributed by atoms with E-state index >= 15 is 0 Å². The molecule has 4 nitrogen and oxygen atoms in total. The molecule has 0 aromatic carbocycles. The summed E-state index contributed by atoms with van der Waals surface area (Å²) in [6.07, 6.45) is 3.15. The van der Waals surface area contributed by atoms with Gasteiger partial charge in [0, 0.05) is 6.54 Å². The number of amides is 2. The summed E-state index contributed by atoms with van der Waals surface area (Å²) in [6, 6.07) is -0.246. The van der Waals surface area contributed by atoms with Crippen molar-refractivity contribution in [3.8, 4) is 0 Å². The standard InChI is InChI=1S/C13H22N2O2/c1-4-13(2,3)8-15-7-10(16)14-11(12(15)17)9-5-6-9/h9,11H,4-8H2,1-3H3,(H,14,16). The van der Waals surface area contributed by atoms with Crippen molar-refractivity contribution in [2.75, 3.05) is 13.1 Å². The van der Waals surface area contributed by atoms with Crippen LogP contribution in [-0.2, 0) is 9.59 Å². The lowest BCUT2D eigenvalue weighted by molar-refractivity contribution is -0.146. The van der Waals surface area contributed by atoms with E-state index in [0.717, 1.165) is 19.3 Å². The molecule has 2 amide bonds. The fraction of sp³-hybridized carbons (Fsp3) is 0.846. The molecule has 0 radical (unpaired) electrons. The van der Waals surface area contributed by atoms with Gasteiger partial charge in [-0.2, -0.15) is 0 Å². The van der Waals surface area contributed by atoms with Crippen molar-refractivity contribution in [2.24, 2.45) is 11.3 Å².